The van der Waals surface area contributed by atoms with Gasteiger partial charge in [-0.2, -0.15) is 0 Å². The summed E-state index contributed by atoms with van der Waals surface area (Å²) in [6.07, 6.45) is 3.35. The van der Waals surface area contributed by atoms with E-state index in [9.17, 15) is 0 Å². The normalized spacial score (nSPS) is 19.4. The average Bonchev–Trinajstić information content (AvgIpc) is 2.48. The van der Waals surface area contributed by atoms with Gasteiger partial charge in [-0.05, 0) is 36.3 Å². The SMILES string of the molecule is CC(C)c1ccc(COCCOC2CCCCO2)cc1. The summed E-state index contributed by atoms with van der Waals surface area (Å²) in [6.45, 7) is 7.11. The molecule has 1 aromatic rings. The quantitative estimate of drug-likeness (QED) is 0.709. The highest BCUT2D eigenvalue weighted by Gasteiger charge is 2.13. The Balaban J connectivity index is 1.58. The van der Waals surface area contributed by atoms with Gasteiger partial charge in [-0.1, -0.05) is 38.1 Å². The van der Waals surface area contributed by atoms with Crippen molar-refractivity contribution >= 4 is 0 Å². The zero-order valence-electron chi connectivity index (χ0n) is 12.6. The summed E-state index contributed by atoms with van der Waals surface area (Å²) in [5, 5.41) is 0. The van der Waals surface area contributed by atoms with Crippen molar-refractivity contribution in [1.82, 2.24) is 0 Å². The third-order valence-corrected chi connectivity index (χ3v) is 3.58. The first-order valence-electron chi connectivity index (χ1n) is 7.65. The van der Waals surface area contributed by atoms with Crippen LogP contribution in [0.5, 0.6) is 0 Å². The van der Waals surface area contributed by atoms with Gasteiger partial charge in [0.15, 0.2) is 6.29 Å². The predicted octanol–water partition coefficient (Wildman–Crippen LogP) is 3.87. The highest BCUT2D eigenvalue weighted by Crippen LogP contribution is 2.15. The van der Waals surface area contributed by atoms with E-state index in [-0.39, 0.29) is 6.29 Å². The van der Waals surface area contributed by atoms with Crippen LogP contribution in [0.15, 0.2) is 24.3 Å². The van der Waals surface area contributed by atoms with Gasteiger partial charge < -0.3 is 14.2 Å². The summed E-state index contributed by atoms with van der Waals surface area (Å²) < 4.78 is 16.8. The molecular formula is C17H26O3. The largest absolute Gasteiger partial charge is 0.374 e. The molecule has 1 saturated heterocycles. The minimum Gasteiger partial charge on any atom is -0.374 e. The Kier molecular flexibility index (Phi) is 6.51. The van der Waals surface area contributed by atoms with Crippen LogP contribution in [-0.2, 0) is 20.8 Å². The Morgan fingerprint density at radius 1 is 1.15 bits per heavy atom. The molecule has 1 unspecified atom stereocenters. The Bertz CT molecular complexity index is 366. The number of hydrogen-bond donors (Lipinski definition) is 0. The van der Waals surface area contributed by atoms with Gasteiger partial charge in [0.2, 0.25) is 0 Å². The lowest BCUT2D eigenvalue weighted by Crippen LogP contribution is -2.23. The molecule has 20 heavy (non-hydrogen) atoms. The summed E-state index contributed by atoms with van der Waals surface area (Å²) in [7, 11) is 0. The van der Waals surface area contributed by atoms with E-state index in [4.69, 9.17) is 14.2 Å². The highest BCUT2D eigenvalue weighted by molar-refractivity contribution is 5.24. The van der Waals surface area contributed by atoms with Gasteiger partial charge in [-0.25, -0.2) is 0 Å². The standard InChI is InChI=1S/C17H26O3/c1-14(2)16-8-6-15(7-9-16)13-18-11-12-20-17-5-3-4-10-19-17/h6-9,14,17H,3-5,10-13H2,1-2H3. The molecule has 1 aliphatic rings. The average molecular weight is 278 g/mol. The number of benzene rings is 1. The van der Waals surface area contributed by atoms with Crippen molar-refractivity contribution in [3.05, 3.63) is 35.4 Å². The zero-order chi connectivity index (χ0) is 14.2. The molecule has 1 aliphatic heterocycles. The van der Waals surface area contributed by atoms with E-state index in [2.05, 4.69) is 38.1 Å². The Morgan fingerprint density at radius 2 is 1.95 bits per heavy atom. The Hall–Kier alpha value is -0.900. The van der Waals surface area contributed by atoms with E-state index in [1.165, 1.54) is 17.5 Å². The number of ether oxygens (including phenoxy) is 3. The van der Waals surface area contributed by atoms with Crippen molar-refractivity contribution in [2.45, 2.75) is 51.9 Å². The molecule has 0 bridgehead atoms. The van der Waals surface area contributed by atoms with Crippen molar-refractivity contribution in [3.8, 4) is 0 Å². The fourth-order valence-electron chi connectivity index (χ4n) is 2.27. The fourth-order valence-corrected chi connectivity index (χ4v) is 2.27. The van der Waals surface area contributed by atoms with Gasteiger partial charge in [0.05, 0.1) is 19.8 Å². The summed E-state index contributed by atoms with van der Waals surface area (Å²) in [5.41, 5.74) is 2.58. The van der Waals surface area contributed by atoms with Crippen LogP contribution in [0.2, 0.25) is 0 Å². The molecule has 0 aromatic heterocycles. The fraction of sp³-hybridized carbons (Fsp3) is 0.647. The van der Waals surface area contributed by atoms with Gasteiger partial charge in [0.1, 0.15) is 0 Å². The van der Waals surface area contributed by atoms with Crippen LogP contribution in [-0.4, -0.2) is 26.1 Å². The lowest BCUT2D eigenvalue weighted by atomic mass is 10.0. The third kappa shape index (κ3) is 5.23. The van der Waals surface area contributed by atoms with E-state index in [1.54, 1.807) is 0 Å². The smallest absolute Gasteiger partial charge is 0.157 e. The van der Waals surface area contributed by atoms with Crippen LogP contribution in [0, 0.1) is 0 Å². The van der Waals surface area contributed by atoms with Crippen LogP contribution < -0.4 is 0 Å². The van der Waals surface area contributed by atoms with E-state index < -0.39 is 0 Å². The maximum atomic E-state index is 5.63. The van der Waals surface area contributed by atoms with E-state index in [1.807, 2.05) is 0 Å². The lowest BCUT2D eigenvalue weighted by molar-refractivity contribution is -0.169. The molecule has 3 heteroatoms. The van der Waals surface area contributed by atoms with E-state index in [0.717, 1.165) is 19.4 Å². The summed E-state index contributed by atoms with van der Waals surface area (Å²) in [4.78, 5) is 0. The number of rotatable bonds is 7. The van der Waals surface area contributed by atoms with Gasteiger partial charge >= 0.3 is 0 Å². The molecule has 112 valence electrons. The molecule has 0 saturated carbocycles. The van der Waals surface area contributed by atoms with Crippen molar-refractivity contribution in [2.24, 2.45) is 0 Å². The minimum absolute atomic E-state index is 0.0160. The second-order valence-corrected chi connectivity index (χ2v) is 5.62. The number of hydrogen-bond acceptors (Lipinski definition) is 3. The molecule has 1 heterocycles. The first kappa shape index (κ1) is 15.5. The highest BCUT2D eigenvalue weighted by atomic mass is 16.7. The van der Waals surface area contributed by atoms with Gasteiger partial charge in [0.25, 0.3) is 0 Å². The molecule has 0 amide bonds. The molecule has 1 atom stereocenters. The van der Waals surface area contributed by atoms with Crippen molar-refractivity contribution in [1.29, 1.82) is 0 Å². The second kappa shape index (κ2) is 8.40. The van der Waals surface area contributed by atoms with Crippen LogP contribution in [0.25, 0.3) is 0 Å². The maximum absolute atomic E-state index is 5.63. The Labute approximate surface area is 122 Å². The summed E-state index contributed by atoms with van der Waals surface area (Å²) >= 11 is 0. The molecule has 2 rings (SSSR count). The third-order valence-electron chi connectivity index (χ3n) is 3.58. The van der Waals surface area contributed by atoms with E-state index in [0.29, 0.717) is 25.7 Å². The monoisotopic (exact) mass is 278 g/mol. The molecule has 0 N–H and O–H groups in total. The van der Waals surface area contributed by atoms with Crippen molar-refractivity contribution < 1.29 is 14.2 Å². The van der Waals surface area contributed by atoms with Gasteiger partial charge in [0, 0.05) is 6.61 Å². The molecule has 0 aliphatic carbocycles. The molecule has 3 nitrogen and oxygen atoms in total. The van der Waals surface area contributed by atoms with Crippen LogP contribution in [0.4, 0.5) is 0 Å². The van der Waals surface area contributed by atoms with Crippen molar-refractivity contribution in [2.75, 3.05) is 19.8 Å². The molecular weight excluding hydrogens is 252 g/mol. The molecule has 1 aromatic carbocycles. The lowest BCUT2D eigenvalue weighted by Gasteiger charge is -2.22. The van der Waals surface area contributed by atoms with Crippen LogP contribution in [0.1, 0.15) is 50.2 Å². The molecule has 1 fully saturated rings. The molecule has 0 spiro atoms. The summed E-state index contributed by atoms with van der Waals surface area (Å²) in [6, 6.07) is 8.63. The van der Waals surface area contributed by atoms with Gasteiger partial charge in [-0.15, -0.1) is 0 Å². The topological polar surface area (TPSA) is 27.7 Å². The first-order valence-corrected chi connectivity index (χ1v) is 7.65. The summed E-state index contributed by atoms with van der Waals surface area (Å²) in [5.74, 6) is 0.578. The van der Waals surface area contributed by atoms with Crippen LogP contribution in [0.3, 0.4) is 0 Å². The van der Waals surface area contributed by atoms with Crippen LogP contribution >= 0.6 is 0 Å². The second-order valence-electron chi connectivity index (χ2n) is 5.62. The first-order chi connectivity index (χ1) is 9.75. The van der Waals surface area contributed by atoms with Crippen molar-refractivity contribution in [3.63, 3.8) is 0 Å². The van der Waals surface area contributed by atoms with Gasteiger partial charge in [-0.3, -0.25) is 0 Å². The maximum Gasteiger partial charge on any atom is 0.157 e. The molecule has 0 radical (unpaired) electrons. The zero-order valence-corrected chi connectivity index (χ0v) is 12.6. The van der Waals surface area contributed by atoms with E-state index >= 15 is 0 Å². The predicted molar refractivity (Wildman–Crippen MR) is 79.7 cm³/mol. The Morgan fingerprint density at radius 3 is 2.60 bits per heavy atom. The minimum atomic E-state index is -0.0160.